The minimum atomic E-state index is -0.680. The number of aryl methyl sites for hydroxylation is 2. The predicted molar refractivity (Wildman–Crippen MR) is 210 cm³/mol. The lowest BCUT2D eigenvalue weighted by atomic mass is 9.75. The number of anilines is 2. The van der Waals surface area contributed by atoms with E-state index in [-0.39, 0.29) is 56.7 Å². The number of nitrogens with one attached hydrogen (secondary N) is 2. The zero-order valence-corrected chi connectivity index (χ0v) is 31.0. The van der Waals surface area contributed by atoms with E-state index in [1.54, 1.807) is 74.5 Å². The molecule has 0 aromatic heterocycles. The Morgan fingerprint density at radius 3 is 1.19 bits per heavy atom. The summed E-state index contributed by atoms with van der Waals surface area (Å²) >= 11 is 12.1. The highest BCUT2D eigenvalue weighted by molar-refractivity contribution is 6.35. The molecule has 0 fully saturated rings. The fraction of sp³-hybridized carbons (Fsp3) is 0.190. The first-order chi connectivity index (χ1) is 24.6. The molecule has 6 rings (SSSR count). The SMILES string of the molecule is Cc1cc2c(c(O)c1-c1c(C)cc3c(c1O)/C(=C\Nc1ccc(Cl)cc1)C(=O)C(O)=C3C(C)C)/C(=C/Nc1ccc(Cl)cc1)C(=O)C(O)=C2C(C)C. The maximum atomic E-state index is 13.8. The normalized spacial score (nSPS) is 16.0. The quantitative estimate of drug-likeness (QED) is 0.103. The lowest BCUT2D eigenvalue weighted by Crippen LogP contribution is -2.20. The van der Waals surface area contributed by atoms with Gasteiger partial charge in [0.25, 0.3) is 0 Å². The molecule has 52 heavy (non-hydrogen) atoms. The number of benzene rings is 4. The number of carbonyl (C=O) groups excluding carboxylic acids is 2. The van der Waals surface area contributed by atoms with Crippen LogP contribution < -0.4 is 10.6 Å². The second-order valence-electron chi connectivity index (χ2n) is 13.6. The summed E-state index contributed by atoms with van der Waals surface area (Å²) in [5.41, 5.74) is 4.93. The van der Waals surface area contributed by atoms with Gasteiger partial charge in [-0.1, -0.05) is 63.0 Å². The van der Waals surface area contributed by atoms with Crippen LogP contribution in [0.2, 0.25) is 10.0 Å². The first-order valence-corrected chi connectivity index (χ1v) is 17.5. The Labute approximate surface area is 312 Å². The van der Waals surface area contributed by atoms with Crippen molar-refractivity contribution in [3.8, 4) is 22.6 Å². The molecule has 0 radical (unpaired) electrons. The molecule has 10 heteroatoms. The summed E-state index contributed by atoms with van der Waals surface area (Å²) in [5, 5.41) is 54.2. The molecule has 0 saturated carbocycles. The van der Waals surface area contributed by atoms with Crippen LogP contribution in [0.25, 0.3) is 33.4 Å². The van der Waals surface area contributed by atoms with Gasteiger partial charge in [-0.2, -0.15) is 0 Å². The van der Waals surface area contributed by atoms with Gasteiger partial charge in [-0.05, 0) is 96.5 Å². The fourth-order valence-corrected chi connectivity index (χ4v) is 7.28. The fourth-order valence-electron chi connectivity index (χ4n) is 7.03. The summed E-state index contributed by atoms with van der Waals surface area (Å²) in [7, 11) is 0. The number of hydrogen-bond donors (Lipinski definition) is 6. The van der Waals surface area contributed by atoms with Crippen molar-refractivity contribution in [2.45, 2.75) is 41.5 Å². The van der Waals surface area contributed by atoms with Crippen molar-refractivity contribution in [2.75, 3.05) is 10.6 Å². The third kappa shape index (κ3) is 6.22. The molecule has 0 aliphatic heterocycles. The molecule has 0 unspecified atom stereocenters. The van der Waals surface area contributed by atoms with Gasteiger partial charge in [0.1, 0.15) is 11.5 Å². The van der Waals surface area contributed by atoms with Gasteiger partial charge in [0.05, 0.1) is 11.1 Å². The average Bonchev–Trinajstić information content (AvgIpc) is 3.08. The summed E-state index contributed by atoms with van der Waals surface area (Å²) in [6.45, 7) is 10.9. The number of halogens is 2. The van der Waals surface area contributed by atoms with Gasteiger partial charge >= 0.3 is 0 Å². The van der Waals surface area contributed by atoms with Crippen molar-refractivity contribution in [1.82, 2.24) is 0 Å². The van der Waals surface area contributed by atoms with Crippen LogP contribution >= 0.6 is 23.2 Å². The van der Waals surface area contributed by atoms with E-state index in [4.69, 9.17) is 23.2 Å². The van der Waals surface area contributed by atoms with Crippen LogP contribution in [-0.4, -0.2) is 32.0 Å². The summed E-state index contributed by atoms with van der Waals surface area (Å²) < 4.78 is 0. The minimum Gasteiger partial charge on any atom is -0.507 e. The Balaban J connectivity index is 1.62. The molecule has 0 saturated heterocycles. The van der Waals surface area contributed by atoms with Crippen LogP contribution in [0.4, 0.5) is 11.4 Å². The zero-order chi connectivity index (χ0) is 37.8. The van der Waals surface area contributed by atoms with Crippen LogP contribution in [0.5, 0.6) is 11.5 Å². The number of aliphatic hydroxyl groups excluding tert-OH is 2. The van der Waals surface area contributed by atoms with E-state index in [1.165, 1.54) is 12.4 Å². The highest BCUT2D eigenvalue weighted by Crippen LogP contribution is 2.53. The largest absolute Gasteiger partial charge is 0.507 e. The summed E-state index contributed by atoms with van der Waals surface area (Å²) in [5.74, 6) is -3.33. The number of hydrogen-bond acceptors (Lipinski definition) is 8. The molecule has 6 N–H and O–H groups in total. The van der Waals surface area contributed by atoms with Gasteiger partial charge in [-0.15, -0.1) is 0 Å². The van der Waals surface area contributed by atoms with E-state index in [0.717, 1.165) is 0 Å². The van der Waals surface area contributed by atoms with Crippen LogP contribution in [0.15, 0.2) is 84.6 Å². The van der Waals surface area contributed by atoms with Gasteiger partial charge in [0.15, 0.2) is 11.5 Å². The van der Waals surface area contributed by atoms with E-state index in [1.807, 2.05) is 27.7 Å². The highest BCUT2D eigenvalue weighted by atomic mass is 35.5. The molecular weight excluding hydrogens is 699 g/mol. The summed E-state index contributed by atoms with van der Waals surface area (Å²) in [6, 6.07) is 17.2. The van der Waals surface area contributed by atoms with Crippen LogP contribution in [0, 0.1) is 25.7 Å². The molecule has 0 heterocycles. The number of aromatic hydroxyl groups is 2. The first kappa shape index (κ1) is 36.4. The highest BCUT2D eigenvalue weighted by Gasteiger charge is 2.38. The summed E-state index contributed by atoms with van der Waals surface area (Å²) in [6.07, 6.45) is 2.86. The third-order valence-corrected chi connectivity index (χ3v) is 9.91. The van der Waals surface area contributed by atoms with Crippen molar-refractivity contribution < 1.29 is 30.0 Å². The molecule has 4 aromatic rings. The number of Topliss-reactive ketones (excluding diaryl/α,β-unsaturated/α-hetero) is 2. The van der Waals surface area contributed by atoms with Crippen LogP contribution in [0.1, 0.15) is 61.1 Å². The van der Waals surface area contributed by atoms with Gasteiger partial charge in [0, 0.05) is 67.2 Å². The summed E-state index contributed by atoms with van der Waals surface area (Å²) in [4.78, 5) is 27.6. The number of fused-ring (bicyclic) bond motifs is 2. The molecule has 2 aliphatic carbocycles. The van der Waals surface area contributed by atoms with Gasteiger partial charge < -0.3 is 31.1 Å². The van der Waals surface area contributed by atoms with Crippen molar-refractivity contribution in [3.63, 3.8) is 0 Å². The van der Waals surface area contributed by atoms with Gasteiger partial charge in [-0.25, -0.2) is 0 Å². The molecule has 0 amide bonds. The van der Waals surface area contributed by atoms with Gasteiger partial charge in [0.2, 0.25) is 11.6 Å². The molecule has 0 spiro atoms. The third-order valence-electron chi connectivity index (χ3n) is 9.40. The molecule has 8 nitrogen and oxygen atoms in total. The number of aliphatic hydroxyl groups is 2. The number of rotatable bonds is 7. The first-order valence-electron chi connectivity index (χ1n) is 16.8. The van der Waals surface area contributed by atoms with Crippen molar-refractivity contribution in [3.05, 3.63) is 128 Å². The number of carbonyl (C=O) groups is 2. The lowest BCUT2D eigenvalue weighted by Gasteiger charge is -2.29. The molecular formula is C42H38Cl2N2O6. The maximum absolute atomic E-state index is 13.8. The number of phenols is 2. The average molecular weight is 738 g/mol. The number of allylic oxidation sites excluding steroid dienone is 4. The Hall–Kier alpha value is -5.44. The topological polar surface area (TPSA) is 139 Å². The van der Waals surface area contributed by atoms with E-state index in [2.05, 4.69) is 10.6 Å². The minimum absolute atomic E-state index is 0.0126. The standard InChI is InChI=1S/C42H38Cl2N2O6/c1-19(2)31-27-15-21(5)33(39(49)35(27)29(37(47)41(31)51)17-45-25-11-7-23(43)8-12-25)34-22(6)16-28-32(20(3)4)42(52)38(48)30(36(28)40(34)50)18-46-26-13-9-24(44)10-14-26/h7-20,45-46,49-52H,1-6H3/b29-17-,30-18+. The van der Waals surface area contributed by atoms with E-state index in [0.29, 0.717) is 54.8 Å². The maximum Gasteiger partial charge on any atom is 0.229 e. The van der Waals surface area contributed by atoms with E-state index >= 15 is 0 Å². The Kier molecular flexibility index (Phi) is 9.75. The molecule has 0 atom stereocenters. The molecule has 4 aromatic carbocycles. The van der Waals surface area contributed by atoms with E-state index in [9.17, 15) is 30.0 Å². The number of phenolic OH excluding ortho intramolecular Hbond substituents is 2. The van der Waals surface area contributed by atoms with Crippen LogP contribution in [0.3, 0.4) is 0 Å². The Morgan fingerprint density at radius 1 is 0.558 bits per heavy atom. The van der Waals surface area contributed by atoms with Crippen molar-refractivity contribution in [1.29, 1.82) is 0 Å². The Morgan fingerprint density at radius 2 is 0.885 bits per heavy atom. The predicted octanol–water partition coefficient (Wildman–Crippen LogP) is 10.6. The second-order valence-corrected chi connectivity index (χ2v) is 14.5. The lowest BCUT2D eigenvalue weighted by molar-refractivity contribution is -0.113. The Bertz CT molecular complexity index is 2130. The zero-order valence-electron chi connectivity index (χ0n) is 29.4. The molecule has 266 valence electrons. The number of ketones is 2. The van der Waals surface area contributed by atoms with Gasteiger partial charge in [-0.3, -0.25) is 9.59 Å². The van der Waals surface area contributed by atoms with E-state index < -0.39 is 23.1 Å². The molecule has 0 bridgehead atoms. The van der Waals surface area contributed by atoms with Crippen LogP contribution in [-0.2, 0) is 9.59 Å². The second kappa shape index (κ2) is 13.9. The smallest absolute Gasteiger partial charge is 0.229 e. The van der Waals surface area contributed by atoms with Crippen molar-refractivity contribution in [2.24, 2.45) is 11.8 Å². The molecule has 2 aliphatic rings. The monoisotopic (exact) mass is 736 g/mol. The van der Waals surface area contributed by atoms with Crippen molar-refractivity contribution >= 4 is 68.4 Å².